The van der Waals surface area contributed by atoms with Crippen molar-refractivity contribution in [2.45, 2.75) is 57.4 Å². The third-order valence-electron chi connectivity index (χ3n) is 4.20. The molecule has 1 heteroatoms. The van der Waals surface area contributed by atoms with Gasteiger partial charge in [0.1, 0.15) is 0 Å². The van der Waals surface area contributed by atoms with Crippen LogP contribution in [0.5, 0.6) is 0 Å². The number of hydrogen-bond acceptors (Lipinski definition) is 1. The second-order valence-corrected chi connectivity index (χ2v) is 5.48. The summed E-state index contributed by atoms with van der Waals surface area (Å²) in [6.07, 6.45) is 8.20. The smallest absolute Gasteiger partial charge is 0.0374 e. The first-order valence-corrected chi connectivity index (χ1v) is 6.72. The Balaban J connectivity index is 1.87. The van der Waals surface area contributed by atoms with Gasteiger partial charge < -0.3 is 5.32 Å². The first kappa shape index (κ1) is 10.2. The molecule has 1 heterocycles. The van der Waals surface area contributed by atoms with Crippen LogP contribution >= 0.6 is 0 Å². The summed E-state index contributed by atoms with van der Waals surface area (Å²) in [5.41, 5.74) is 4.51. The van der Waals surface area contributed by atoms with Crippen molar-refractivity contribution < 1.29 is 0 Å². The van der Waals surface area contributed by atoms with E-state index in [1.54, 1.807) is 11.1 Å². The predicted octanol–water partition coefficient (Wildman–Crippen LogP) is 4.09. The van der Waals surface area contributed by atoms with Crippen molar-refractivity contribution >= 4 is 5.69 Å². The Labute approximate surface area is 98.3 Å². The molecular formula is C15H21N. The monoisotopic (exact) mass is 215 g/mol. The van der Waals surface area contributed by atoms with Crippen LogP contribution in [0.4, 0.5) is 5.69 Å². The van der Waals surface area contributed by atoms with Gasteiger partial charge in [0.15, 0.2) is 0 Å². The van der Waals surface area contributed by atoms with E-state index in [9.17, 15) is 0 Å². The van der Waals surface area contributed by atoms with Crippen LogP contribution in [0.2, 0.25) is 0 Å². The summed E-state index contributed by atoms with van der Waals surface area (Å²) in [5.74, 6) is 0.852. The van der Waals surface area contributed by atoms with E-state index in [0.717, 1.165) is 5.92 Å². The highest BCUT2D eigenvalue weighted by molar-refractivity contribution is 5.55. The standard InChI is InChI=1S/C15H21N/c1-11-6-7-14-10-13(8-9-15(14)16-11)12-4-2-3-5-12/h8-12,16H,2-7H2,1H3. The van der Waals surface area contributed by atoms with Crippen LogP contribution in [0, 0.1) is 0 Å². The lowest BCUT2D eigenvalue weighted by atomic mass is 9.91. The molecule has 0 saturated heterocycles. The molecule has 1 aromatic rings. The van der Waals surface area contributed by atoms with E-state index in [-0.39, 0.29) is 0 Å². The second kappa shape index (κ2) is 4.12. The molecule has 1 nitrogen and oxygen atoms in total. The van der Waals surface area contributed by atoms with Gasteiger partial charge in [-0.1, -0.05) is 25.0 Å². The molecule has 16 heavy (non-hydrogen) atoms. The topological polar surface area (TPSA) is 12.0 Å². The van der Waals surface area contributed by atoms with Crippen molar-refractivity contribution in [2.24, 2.45) is 0 Å². The summed E-state index contributed by atoms with van der Waals surface area (Å²) in [6.45, 7) is 2.27. The van der Waals surface area contributed by atoms with E-state index in [1.807, 2.05) is 0 Å². The van der Waals surface area contributed by atoms with Crippen molar-refractivity contribution in [3.8, 4) is 0 Å². The van der Waals surface area contributed by atoms with Crippen molar-refractivity contribution in [1.82, 2.24) is 0 Å². The molecule has 0 radical (unpaired) electrons. The SMILES string of the molecule is CC1CCc2cc(C3CCCC3)ccc2N1. The predicted molar refractivity (Wildman–Crippen MR) is 69.1 cm³/mol. The molecule has 86 valence electrons. The fraction of sp³-hybridized carbons (Fsp3) is 0.600. The summed E-state index contributed by atoms with van der Waals surface area (Å²) < 4.78 is 0. The minimum atomic E-state index is 0.643. The molecular weight excluding hydrogens is 194 g/mol. The molecule has 1 aliphatic heterocycles. The third kappa shape index (κ3) is 1.83. The van der Waals surface area contributed by atoms with Gasteiger partial charge in [-0.3, -0.25) is 0 Å². The van der Waals surface area contributed by atoms with E-state index in [4.69, 9.17) is 0 Å². The zero-order valence-electron chi connectivity index (χ0n) is 10.1. The maximum Gasteiger partial charge on any atom is 0.0374 e. The Morgan fingerprint density at radius 1 is 1.12 bits per heavy atom. The van der Waals surface area contributed by atoms with Crippen molar-refractivity contribution in [2.75, 3.05) is 5.32 Å². The maximum atomic E-state index is 3.58. The molecule has 0 spiro atoms. The number of rotatable bonds is 1. The van der Waals surface area contributed by atoms with Gasteiger partial charge in [-0.2, -0.15) is 0 Å². The normalized spacial score (nSPS) is 25.2. The molecule has 1 atom stereocenters. The van der Waals surface area contributed by atoms with E-state index in [0.29, 0.717) is 6.04 Å². The van der Waals surface area contributed by atoms with Gasteiger partial charge in [-0.05, 0) is 55.7 Å². The van der Waals surface area contributed by atoms with Crippen LogP contribution in [0.25, 0.3) is 0 Å². The molecule has 1 N–H and O–H groups in total. The summed E-state index contributed by atoms with van der Waals surface area (Å²) in [7, 11) is 0. The van der Waals surface area contributed by atoms with Gasteiger partial charge in [0.25, 0.3) is 0 Å². The first-order chi connectivity index (χ1) is 7.83. The summed E-state index contributed by atoms with van der Waals surface area (Å²) in [5, 5.41) is 3.58. The molecule has 1 saturated carbocycles. The van der Waals surface area contributed by atoms with Crippen molar-refractivity contribution in [3.05, 3.63) is 29.3 Å². The van der Waals surface area contributed by atoms with Gasteiger partial charge in [0.05, 0.1) is 0 Å². The van der Waals surface area contributed by atoms with E-state index < -0.39 is 0 Å². The number of nitrogens with one attached hydrogen (secondary N) is 1. The highest BCUT2D eigenvalue weighted by atomic mass is 14.9. The molecule has 0 aromatic heterocycles. The highest BCUT2D eigenvalue weighted by Gasteiger charge is 2.19. The average molecular weight is 215 g/mol. The van der Waals surface area contributed by atoms with Crippen LogP contribution in [-0.4, -0.2) is 6.04 Å². The number of aryl methyl sites for hydroxylation is 1. The lowest BCUT2D eigenvalue weighted by Gasteiger charge is -2.25. The van der Waals surface area contributed by atoms with Crippen molar-refractivity contribution in [3.63, 3.8) is 0 Å². The Kier molecular flexibility index (Phi) is 2.62. The lowest BCUT2D eigenvalue weighted by Crippen LogP contribution is -2.22. The minimum absolute atomic E-state index is 0.643. The molecule has 1 fully saturated rings. The highest BCUT2D eigenvalue weighted by Crippen LogP contribution is 2.36. The van der Waals surface area contributed by atoms with E-state index in [2.05, 4.69) is 30.4 Å². The number of anilines is 1. The van der Waals surface area contributed by atoms with E-state index >= 15 is 0 Å². The quantitative estimate of drug-likeness (QED) is 0.744. The summed E-state index contributed by atoms with van der Waals surface area (Å²) >= 11 is 0. The van der Waals surface area contributed by atoms with Crippen molar-refractivity contribution in [1.29, 1.82) is 0 Å². The average Bonchev–Trinajstić information content (AvgIpc) is 2.82. The van der Waals surface area contributed by atoms with Gasteiger partial charge in [0.2, 0.25) is 0 Å². The Morgan fingerprint density at radius 2 is 1.94 bits per heavy atom. The largest absolute Gasteiger partial charge is 0.382 e. The number of benzene rings is 1. The van der Waals surface area contributed by atoms with Gasteiger partial charge in [0, 0.05) is 11.7 Å². The molecule has 1 aromatic carbocycles. The van der Waals surface area contributed by atoms with Crippen LogP contribution in [0.1, 0.15) is 56.1 Å². The Bertz CT molecular complexity index is 377. The van der Waals surface area contributed by atoms with Crippen LogP contribution < -0.4 is 5.32 Å². The molecule has 0 amide bonds. The van der Waals surface area contributed by atoms with Crippen LogP contribution in [0.3, 0.4) is 0 Å². The summed E-state index contributed by atoms with van der Waals surface area (Å²) in [6, 6.07) is 7.76. The lowest BCUT2D eigenvalue weighted by molar-refractivity contribution is 0.674. The van der Waals surface area contributed by atoms with Crippen LogP contribution in [0.15, 0.2) is 18.2 Å². The van der Waals surface area contributed by atoms with Gasteiger partial charge in [-0.15, -0.1) is 0 Å². The molecule has 1 aliphatic carbocycles. The zero-order chi connectivity index (χ0) is 11.0. The molecule has 1 unspecified atom stereocenters. The van der Waals surface area contributed by atoms with E-state index in [1.165, 1.54) is 44.2 Å². The second-order valence-electron chi connectivity index (χ2n) is 5.48. The van der Waals surface area contributed by atoms with Gasteiger partial charge >= 0.3 is 0 Å². The summed E-state index contributed by atoms with van der Waals surface area (Å²) in [4.78, 5) is 0. The Hall–Kier alpha value is -0.980. The first-order valence-electron chi connectivity index (χ1n) is 6.72. The third-order valence-corrected chi connectivity index (χ3v) is 4.20. The van der Waals surface area contributed by atoms with Crippen LogP contribution in [-0.2, 0) is 6.42 Å². The minimum Gasteiger partial charge on any atom is -0.382 e. The van der Waals surface area contributed by atoms with Gasteiger partial charge in [-0.25, -0.2) is 0 Å². The number of fused-ring (bicyclic) bond motifs is 1. The molecule has 3 rings (SSSR count). The molecule has 0 bridgehead atoms. The zero-order valence-corrected chi connectivity index (χ0v) is 10.1. The Morgan fingerprint density at radius 3 is 2.75 bits per heavy atom. The maximum absolute atomic E-state index is 3.58. The molecule has 2 aliphatic rings. The fourth-order valence-corrected chi connectivity index (χ4v) is 3.18. The fourth-order valence-electron chi connectivity index (χ4n) is 3.18. The number of hydrogen-bond donors (Lipinski definition) is 1.